The van der Waals surface area contributed by atoms with Gasteiger partial charge in [-0.2, -0.15) is 0 Å². The van der Waals surface area contributed by atoms with E-state index < -0.39 is 6.10 Å². The zero-order chi connectivity index (χ0) is 57.1. The minimum atomic E-state index is -0.789. The van der Waals surface area contributed by atoms with Gasteiger partial charge in [-0.15, -0.1) is 0 Å². The van der Waals surface area contributed by atoms with Crippen LogP contribution in [0.4, 0.5) is 0 Å². The number of ether oxygens (including phenoxy) is 3. The Hall–Kier alpha value is -3.15. The first-order valence-corrected chi connectivity index (χ1v) is 34.4. The highest BCUT2D eigenvalue weighted by Crippen LogP contribution is 2.17. The third kappa shape index (κ3) is 65.5. The summed E-state index contributed by atoms with van der Waals surface area (Å²) in [5, 5.41) is 0. The Balaban J connectivity index is 4.26. The first-order valence-electron chi connectivity index (χ1n) is 34.4. The molecule has 0 aromatic heterocycles. The molecule has 0 aliphatic rings. The quantitative estimate of drug-likeness (QED) is 0.0261. The molecule has 0 amide bonds. The number of esters is 3. The lowest BCUT2D eigenvalue weighted by Crippen LogP contribution is -2.30. The smallest absolute Gasteiger partial charge is 0.306 e. The predicted molar refractivity (Wildman–Crippen MR) is 344 cm³/mol. The van der Waals surface area contributed by atoms with Crippen molar-refractivity contribution in [1.29, 1.82) is 0 Å². The van der Waals surface area contributed by atoms with Crippen LogP contribution in [0, 0.1) is 0 Å². The Morgan fingerprint density at radius 1 is 0.266 bits per heavy atom. The summed E-state index contributed by atoms with van der Waals surface area (Å²) in [5.74, 6) is -0.898. The number of rotatable bonds is 63. The van der Waals surface area contributed by atoms with Crippen LogP contribution in [0.1, 0.15) is 355 Å². The van der Waals surface area contributed by atoms with E-state index in [1.54, 1.807) is 0 Å². The second kappa shape index (κ2) is 67.4. The highest BCUT2D eigenvalue weighted by atomic mass is 16.6. The fraction of sp³-hybridized carbons (Fsp3) is 0.795. The molecule has 79 heavy (non-hydrogen) atoms. The molecule has 6 nitrogen and oxygen atoms in total. The van der Waals surface area contributed by atoms with E-state index in [9.17, 15) is 14.4 Å². The Labute approximate surface area is 491 Å². The van der Waals surface area contributed by atoms with E-state index in [1.807, 2.05) is 0 Å². The summed E-state index contributed by atoms with van der Waals surface area (Å²) < 4.78 is 16.9. The topological polar surface area (TPSA) is 78.9 Å². The van der Waals surface area contributed by atoms with Crippen molar-refractivity contribution in [1.82, 2.24) is 0 Å². The van der Waals surface area contributed by atoms with E-state index in [0.717, 1.165) is 89.9 Å². The number of unbranched alkanes of at least 4 members (excludes halogenated alkanes) is 40. The summed E-state index contributed by atoms with van der Waals surface area (Å²) in [5.41, 5.74) is 0. The summed E-state index contributed by atoms with van der Waals surface area (Å²) in [6, 6.07) is 0. The molecule has 0 saturated carbocycles. The number of hydrogen-bond donors (Lipinski definition) is 0. The molecule has 1 atom stereocenters. The average molecular weight is 1100 g/mol. The van der Waals surface area contributed by atoms with Gasteiger partial charge in [0.05, 0.1) is 0 Å². The van der Waals surface area contributed by atoms with Crippen LogP contribution in [-0.2, 0) is 28.6 Å². The van der Waals surface area contributed by atoms with Crippen LogP contribution in [0.5, 0.6) is 0 Å². The van der Waals surface area contributed by atoms with Gasteiger partial charge in [0.1, 0.15) is 13.2 Å². The molecule has 0 spiro atoms. The predicted octanol–water partition coefficient (Wildman–Crippen LogP) is 23.7. The molecule has 0 rings (SSSR count). The normalized spacial score (nSPS) is 12.5. The van der Waals surface area contributed by atoms with Gasteiger partial charge in [-0.05, 0) is 109 Å². The van der Waals surface area contributed by atoms with Crippen LogP contribution in [-0.4, -0.2) is 37.2 Å². The third-order valence-electron chi connectivity index (χ3n) is 15.2. The molecule has 0 aromatic carbocycles. The second-order valence-corrected chi connectivity index (χ2v) is 23.1. The summed E-state index contributed by atoms with van der Waals surface area (Å²) >= 11 is 0. The van der Waals surface area contributed by atoms with Gasteiger partial charge in [0.15, 0.2) is 6.10 Å². The molecular weight excluding hydrogens is 973 g/mol. The van der Waals surface area contributed by atoms with E-state index in [4.69, 9.17) is 14.2 Å². The number of allylic oxidation sites excluding steroid dienone is 12. The monoisotopic (exact) mass is 1100 g/mol. The van der Waals surface area contributed by atoms with Gasteiger partial charge in [-0.25, -0.2) is 0 Å². The van der Waals surface area contributed by atoms with Gasteiger partial charge < -0.3 is 14.2 Å². The van der Waals surface area contributed by atoms with E-state index in [-0.39, 0.29) is 31.1 Å². The van der Waals surface area contributed by atoms with Crippen molar-refractivity contribution < 1.29 is 28.6 Å². The first kappa shape index (κ1) is 75.8. The molecule has 0 aliphatic heterocycles. The SMILES string of the molecule is CC/C=C\C/C=C\C/C=C\CCCCCC(=O)OCC(COC(=O)CCCCCCCCCCCCCCCCC/C=C\C/C=C\CCCCCCC)OC(=O)CCCCCCCCCCC/C=C\CCCCCCCCCC. The Bertz CT molecular complexity index is 1450. The molecule has 6 heteroatoms. The highest BCUT2D eigenvalue weighted by Gasteiger charge is 2.19. The van der Waals surface area contributed by atoms with Gasteiger partial charge in [-0.3, -0.25) is 14.4 Å². The Morgan fingerprint density at radius 3 is 0.797 bits per heavy atom. The molecule has 0 heterocycles. The van der Waals surface area contributed by atoms with Crippen molar-refractivity contribution in [3.8, 4) is 0 Å². The summed E-state index contributed by atoms with van der Waals surface area (Å²) in [7, 11) is 0. The number of carbonyl (C=O) groups excluding carboxylic acids is 3. The molecule has 0 N–H and O–H groups in total. The summed E-state index contributed by atoms with van der Waals surface area (Å²) in [6.45, 7) is 6.54. The summed E-state index contributed by atoms with van der Waals surface area (Å²) in [4.78, 5) is 38.4. The minimum Gasteiger partial charge on any atom is -0.462 e. The molecule has 0 aromatic rings. The standard InChI is InChI=1S/C73H130O6/c1-4-7-10-13-16-19-22-25-27-29-31-33-34-35-36-37-38-40-41-43-45-48-51-54-57-60-63-66-72(75)78-69-70(68-77-71(74)65-62-59-56-53-50-47-24-21-18-15-12-9-6-3)79-73(76)67-64-61-58-55-52-49-46-44-42-39-32-30-28-26-23-20-17-14-11-8-5-2/h9,12,18,21-22,25,29-32,47,50,70H,4-8,10-11,13-17,19-20,23-24,26-28,33-46,48-49,51-69H2,1-3H3/b12-9-,21-18-,25-22-,31-29-,32-30-,50-47-. The van der Waals surface area contributed by atoms with E-state index >= 15 is 0 Å². The van der Waals surface area contributed by atoms with Gasteiger partial charge in [0.25, 0.3) is 0 Å². The van der Waals surface area contributed by atoms with Crippen molar-refractivity contribution >= 4 is 17.9 Å². The van der Waals surface area contributed by atoms with E-state index in [1.165, 1.54) is 225 Å². The van der Waals surface area contributed by atoms with Crippen molar-refractivity contribution in [3.05, 3.63) is 72.9 Å². The van der Waals surface area contributed by atoms with Crippen molar-refractivity contribution in [2.45, 2.75) is 361 Å². The van der Waals surface area contributed by atoms with Gasteiger partial charge in [0, 0.05) is 19.3 Å². The average Bonchev–Trinajstić information content (AvgIpc) is 3.45. The zero-order valence-electron chi connectivity index (χ0n) is 52.6. The molecule has 0 saturated heterocycles. The van der Waals surface area contributed by atoms with Crippen LogP contribution in [0.25, 0.3) is 0 Å². The number of carbonyl (C=O) groups is 3. The largest absolute Gasteiger partial charge is 0.462 e. The zero-order valence-corrected chi connectivity index (χ0v) is 52.6. The fourth-order valence-corrected chi connectivity index (χ4v) is 10.0. The Morgan fingerprint density at radius 2 is 0.494 bits per heavy atom. The molecule has 1 unspecified atom stereocenters. The van der Waals surface area contributed by atoms with Crippen LogP contribution in [0.2, 0.25) is 0 Å². The van der Waals surface area contributed by atoms with Gasteiger partial charge in [0.2, 0.25) is 0 Å². The molecule has 0 aliphatic carbocycles. The van der Waals surface area contributed by atoms with Crippen LogP contribution in [0.3, 0.4) is 0 Å². The lowest BCUT2D eigenvalue weighted by atomic mass is 10.0. The Kier molecular flexibility index (Phi) is 64.7. The van der Waals surface area contributed by atoms with Crippen LogP contribution < -0.4 is 0 Å². The van der Waals surface area contributed by atoms with Crippen molar-refractivity contribution in [2.24, 2.45) is 0 Å². The minimum absolute atomic E-state index is 0.0833. The lowest BCUT2D eigenvalue weighted by Gasteiger charge is -2.18. The maximum Gasteiger partial charge on any atom is 0.306 e. The maximum absolute atomic E-state index is 12.9. The summed E-state index contributed by atoms with van der Waals surface area (Å²) in [6.07, 6.45) is 87.9. The van der Waals surface area contributed by atoms with Crippen molar-refractivity contribution in [3.63, 3.8) is 0 Å². The molecule has 458 valence electrons. The van der Waals surface area contributed by atoms with E-state index in [0.29, 0.717) is 19.3 Å². The second-order valence-electron chi connectivity index (χ2n) is 23.1. The highest BCUT2D eigenvalue weighted by molar-refractivity contribution is 5.71. The van der Waals surface area contributed by atoms with E-state index in [2.05, 4.69) is 93.7 Å². The first-order chi connectivity index (χ1) is 39.0. The molecule has 0 fully saturated rings. The number of hydrogen-bond acceptors (Lipinski definition) is 6. The third-order valence-corrected chi connectivity index (χ3v) is 15.2. The molecular formula is C73H130O6. The van der Waals surface area contributed by atoms with Gasteiger partial charge >= 0.3 is 17.9 Å². The maximum atomic E-state index is 12.9. The van der Waals surface area contributed by atoms with Crippen molar-refractivity contribution in [2.75, 3.05) is 13.2 Å². The van der Waals surface area contributed by atoms with Crippen LogP contribution in [0.15, 0.2) is 72.9 Å². The molecule has 0 bridgehead atoms. The lowest BCUT2D eigenvalue weighted by molar-refractivity contribution is -0.167. The van der Waals surface area contributed by atoms with Gasteiger partial charge in [-0.1, -0.05) is 299 Å². The molecule has 0 radical (unpaired) electrons. The fourth-order valence-electron chi connectivity index (χ4n) is 10.0. The van der Waals surface area contributed by atoms with Crippen LogP contribution >= 0.6 is 0 Å².